The number of nitrogens with one attached hydrogen (secondary N) is 1. The van der Waals surface area contributed by atoms with Crippen LogP contribution in [0.3, 0.4) is 0 Å². The Morgan fingerprint density at radius 2 is 2.24 bits per heavy atom. The highest BCUT2D eigenvalue weighted by Crippen LogP contribution is 2.10. The third kappa shape index (κ3) is 4.95. The maximum absolute atomic E-state index is 5.90. The van der Waals surface area contributed by atoms with E-state index in [1.807, 2.05) is 36.3 Å². The zero-order chi connectivity index (χ0) is 15.1. The Bertz CT molecular complexity index is 600. The van der Waals surface area contributed by atoms with Crippen molar-refractivity contribution in [3.05, 3.63) is 47.8 Å². The highest BCUT2D eigenvalue weighted by Gasteiger charge is 1.98. The van der Waals surface area contributed by atoms with E-state index in [0.717, 1.165) is 24.9 Å². The van der Waals surface area contributed by atoms with Gasteiger partial charge in [0.05, 0.1) is 6.20 Å². The van der Waals surface area contributed by atoms with Crippen LogP contribution < -0.4 is 11.1 Å². The summed E-state index contributed by atoms with van der Waals surface area (Å²) in [5.74, 6) is 0.467. The quantitative estimate of drug-likeness (QED) is 0.486. The smallest absolute Gasteiger partial charge is 0.193 e. The van der Waals surface area contributed by atoms with Gasteiger partial charge in [-0.1, -0.05) is 19.1 Å². The van der Waals surface area contributed by atoms with Crippen LogP contribution in [0.2, 0.25) is 0 Å². The topological polar surface area (TPSA) is 68.2 Å². The predicted octanol–water partition coefficient (Wildman–Crippen LogP) is 2.34. The van der Waals surface area contributed by atoms with Gasteiger partial charge in [0.25, 0.3) is 0 Å². The summed E-state index contributed by atoms with van der Waals surface area (Å²) >= 11 is 0. The van der Waals surface area contributed by atoms with Crippen LogP contribution in [0.5, 0.6) is 0 Å². The number of hydrogen-bond donors (Lipinski definition) is 2. The van der Waals surface area contributed by atoms with E-state index in [1.165, 1.54) is 11.1 Å². The van der Waals surface area contributed by atoms with Gasteiger partial charge in [0.15, 0.2) is 5.96 Å². The predicted molar refractivity (Wildman–Crippen MR) is 87.5 cm³/mol. The van der Waals surface area contributed by atoms with E-state index < -0.39 is 0 Å². The van der Waals surface area contributed by atoms with Gasteiger partial charge in [-0.2, -0.15) is 5.10 Å². The van der Waals surface area contributed by atoms with E-state index in [9.17, 15) is 0 Å². The molecule has 3 N–H and O–H groups in total. The molecule has 2 rings (SSSR count). The van der Waals surface area contributed by atoms with Crippen LogP contribution in [0.4, 0.5) is 5.69 Å². The van der Waals surface area contributed by atoms with Crippen molar-refractivity contribution in [3.63, 3.8) is 0 Å². The van der Waals surface area contributed by atoms with Crippen LogP contribution in [0.1, 0.15) is 24.5 Å². The summed E-state index contributed by atoms with van der Waals surface area (Å²) in [4.78, 5) is 4.35. The first kappa shape index (κ1) is 15.1. The Balaban J connectivity index is 1.78. The van der Waals surface area contributed by atoms with Crippen molar-refractivity contribution in [2.45, 2.75) is 26.2 Å². The molecule has 0 atom stereocenters. The lowest BCUT2D eigenvalue weighted by atomic mass is 10.1. The van der Waals surface area contributed by atoms with Gasteiger partial charge in [-0.15, -0.1) is 0 Å². The van der Waals surface area contributed by atoms with Gasteiger partial charge in [-0.05, 0) is 42.5 Å². The second-order valence-corrected chi connectivity index (χ2v) is 5.07. The highest BCUT2D eigenvalue weighted by atomic mass is 15.2. The minimum absolute atomic E-state index is 0.467. The first-order chi connectivity index (χ1) is 10.2. The van der Waals surface area contributed by atoms with Crippen molar-refractivity contribution in [1.29, 1.82) is 0 Å². The molecule has 1 aromatic carbocycles. The van der Waals surface area contributed by atoms with Crippen LogP contribution >= 0.6 is 0 Å². The van der Waals surface area contributed by atoms with E-state index >= 15 is 0 Å². The SMILES string of the molecule is CCc1cccc(NC(N)=NCCCc2cnn(C)c2)c1. The zero-order valence-corrected chi connectivity index (χ0v) is 12.7. The van der Waals surface area contributed by atoms with Crippen molar-refractivity contribution in [2.75, 3.05) is 11.9 Å². The number of rotatable bonds is 6. The lowest BCUT2D eigenvalue weighted by molar-refractivity contribution is 0.765. The largest absolute Gasteiger partial charge is 0.370 e. The number of aliphatic imine (C=N–C) groups is 1. The molecule has 0 spiro atoms. The summed E-state index contributed by atoms with van der Waals surface area (Å²) < 4.78 is 1.81. The number of benzene rings is 1. The second kappa shape index (κ2) is 7.47. The summed E-state index contributed by atoms with van der Waals surface area (Å²) in [6.07, 6.45) is 6.86. The number of anilines is 1. The van der Waals surface area contributed by atoms with Crippen LogP contribution in [0.25, 0.3) is 0 Å². The monoisotopic (exact) mass is 285 g/mol. The fraction of sp³-hybridized carbons (Fsp3) is 0.375. The summed E-state index contributed by atoms with van der Waals surface area (Å²) in [5.41, 5.74) is 9.41. The van der Waals surface area contributed by atoms with Crippen LogP contribution in [-0.4, -0.2) is 22.3 Å². The molecule has 0 bridgehead atoms. The number of guanidine groups is 1. The van der Waals surface area contributed by atoms with Gasteiger partial charge in [0, 0.05) is 25.5 Å². The number of aryl methyl sites for hydroxylation is 3. The Labute approximate surface area is 125 Å². The molecule has 5 nitrogen and oxygen atoms in total. The third-order valence-corrected chi connectivity index (χ3v) is 3.27. The molecule has 0 unspecified atom stereocenters. The Hall–Kier alpha value is -2.30. The fourth-order valence-corrected chi connectivity index (χ4v) is 2.14. The lowest BCUT2D eigenvalue weighted by Gasteiger charge is -2.07. The molecule has 1 heterocycles. The van der Waals surface area contributed by atoms with Gasteiger partial charge in [0.2, 0.25) is 0 Å². The van der Waals surface area contributed by atoms with Crippen molar-refractivity contribution < 1.29 is 0 Å². The fourth-order valence-electron chi connectivity index (χ4n) is 2.14. The Morgan fingerprint density at radius 3 is 2.95 bits per heavy atom. The average Bonchev–Trinajstić information content (AvgIpc) is 2.89. The van der Waals surface area contributed by atoms with Crippen molar-refractivity contribution in [3.8, 4) is 0 Å². The van der Waals surface area contributed by atoms with Gasteiger partial charge >= 0.3 is 0 Å². The molecule has 0 saturated heterocycles. The summed E-state index contributed by atoms with van der Waals surface area (Å²) in [6.45, 7) is 2.84. The van der Waals surface area contributed by atoms with Gasteiger partial charge in [-0.25, -0.2) is 0 Å². The molecule has 0 amide bonds. The molecule has 0 fully saturated rings. The molecule has 1 aromatic heterocycles. The van der Waals surface area contributed by atoms with Crippen LogP contribution in [0, 0.1) is 0 Å². The minimum atomic E-state index is 0.467. The maximum Gasteiger partial charge on any atom is 0.193 e. The molecule has 0 aliphatic heterocycles. The van der Waals surface area contributed by atoms with Gasteiger partial charge < -0.3 is 11.1 Å². The molecule has 0 aliphatic rings. The van der Waals surface area contributed by atoms with Crippen LogP contribution in [0.15, 0.2) is 41.7 Å². The lowest BCUT2D eigenvalue weighted by Crippen LogP contribution is -2.22. The van der Waals surface area contributed by atoms with E-state index in [-0.39, 0.29) is 0 Å². The van der Waals surface area contributed by atoms with Crippen molar-refractivity contribution in [1.82, 2.24) is 9.78 Å². The first-order valence-corrected chi connectivity index (χ1v) is 7.31. The van der Waals surface area contributed by atoms with Gasteiger partial charge in [0.1, 0.15) is 0 Å². The van der Waals surface area contributed by atoms with E-state index in [4.69, 9.17) is 5.73 Å². The number of nitrogens with two attached hydrogens (primary N) is 1. The Morgan fingerprint density at radius 1 is 1.38 bits per heavy atom. The Kier molecular flexibility index (Phi) is 5.37. The molecule has 21 heavy (non-hydrogen) atoms. The zero-order valence-electron chi connectivity index (χ0n) is 12.7. The number of nitrogens with zero attached hydrogens (tertiary/aromatic N) is 3. The average molecular weight is 285 g/mol. The molecule has 112 valence electrons. The van der Waals surface area contributed by atoms with E-state index in [0.29, 0.717) is 12.5 Å². The summed E-state index contributed by atoms with van der Waals surface area (Å²) in [6, 6.07) is 8.22. The molecule has 0 aliphatic carbocycles. The van der Waals surface area contributed by atoms with Gasteiger partial charge in [-0.3, -0.25) is 9.67 Å². The molecule has 2 aromatic rings. The van der Waals surface area contributed by atoms with E-state index in [1.54, 1.807) is 0 Å². The number of aromatic nitrogens is 2. The second-order valence-electron chi connectivity index (χ2n) is 5.07. The molecule has 5 heteroatoms. The molecule has 0 saturated carbocycles. The summed E-state index contributed by atoms with van der Waals surface area (Å²) in [5, 5.41) is 7.28. The third-order valence-electron chi connectivity index (χ3n) is 3.27. The van der Waals surface area contributed by atoms with Crippen molar-refractivity contribution in [2.24, 2.45) is 17.8 Å². The summed E-state index contributed by atoms with van der Waals surface area (Å²) in [7, 11) is 1.92. The molecular formula is C16H23N5. The standard InChI is InChI=1S/C16H23N5/c1-3-13-6-4-8-15(10-13)20-16(17)18-9-5-7-14-11-19-21(2)12-14/h4,6,8,10-12H,3,5,7,9H2,1-2H3,(H3,17,18,20). The van der Waals surface area contributed by atoms with E-state index in [2.05, 4.69) is 34.5 Å². The minimum Gasteiger partial charge on any atom is -0.370 e. The molecular weight excluding hydrogens is 262 g/mol. The van der Waals surface area contributed by atoms with Crippen LogP contribution in [-0.2, 0) is 19.9 Å². The molecule has 0 radical (unpaired) electrons. The normalized spacial score (nSPS) is 11.6. The maximum atomic E-state index is 5.90. The first-order valence-electron chi connectivity index (χ1n) is 7.31. The number of hydrogen-bond acceptors (Lipinski definition) is 2. The van der Waals surface area contributed by atoms with Crippen molar-refractivity contribution >= 4 is 11.6 Å². The highest BCUT2D eigenvalue weighted by molar-refractivity contribution is 5.92.